The van der Waals surface area contributed by atoms with E-state index < -0.39 is 80.6 Å². The minimum absolute atomic E-state index is 0.0977. The van der Waals surface area contributed by atoms with Gasteiger partial charge in [-0.05, 0) is 12.8 Å². The fourth-order valence-electron chi connectivity index (χ4n) is 3.22. The summed E-state index contributed by atoms with van der Waals surface area (Å²) in [5.41, 5.74) is 0. The Morgan fingerprint density at radius 2 is 1.39 bits per heavy atom. The van der Waals surface area contributed by atoms with Crippen LogP contribution in [-0.2, 0) is 23.7 Å². The molecule has 2 aliphatic rings. The number of terminal acetylenes is 1. The first-order chi connectivity index (χ1) is 14.7. The highest BCUT2D eigenvalue weighted by Gasteiger charge is 2.49. The summed E-state index contributed by atoms with van der Waals surface area (Å²) in [6.45, 7) is -1.15. The highest BCUT2D eigenvalue weighted by atomic mass is 16.8. The number of carbonyl (C=O) groups is 1. The molecule has 31 heavy (non-hydrogen) atoms. The van der Waals surface area contributed by atoms with Gasteiger partial charge in [0.15, 0.2) is 12.6 Å². The Kier molecular flexibility index (Phi) is 10.0. The molecule has 2 heterocycles. The Morgan fingerprint density at radius 3 is 1.94 bits per heavy atom. The van der Waals surface area contributed by atoms with E-state index >= 15 is 0 Å². The van der Waals surface area contributed by atoms with E-state index in [-0.39, 0.29) is 6.42 Å². The van der Waals surface area contributed by atoms with Crippen LogP contribution in [0.4, 0.5) is 0 Å². The number of hydrogen-bond donors (Lipinski definition) is 7. The van der Waals surface area contributed by atoms with Crippen molar-refractivity contribution in [3.8, 4) is 12.3 Å². The standard InChI is InChI=1S/C19H30O12/c1-2-3-4-5-6-11(21)28-8-10-13(23)15(25)17(27)19(30-10)31-18-16(26)14(24)12(22)9(7-20)29-18/h1,9-10,12-20,22-27H,3-8H2/t9-,10-,12-,13-,14+,15+,16-,17-,18-,19-/m1/s1. The molecule has 0 amide bonds. The highest BCUT2D eigenvalue weighted by molar-refractivity contribution is 5.69. The largest absolute Gasteiger partial charge is 0.463 e. The fourth-order valence-corrected chi connectivity index (χ4v) is 3.22. The van der Waals surface area contributed by atoms with Crippen LogP contribution in [0.3, 0.4) is 0 Å². The molecule has 0 aliphatic carbocycles. The summed E-state index contributed by atoms with van der Waals surface area (Å²) in [5.74, 6) is 1.88. The SMILES string of the molecule is C#CCCCCC(=O)OC[C@H]1O[C@H](O[C@H]2O[C@H](CO)[C@@H](O)[C@H](O)[C@H]2O)[C@H](O)[C@@H](O)[C@@H]1O. The zero-order chi connectivity index (χ0) is 23.1. The van der Waals surface area contributed by atoms with Gasteiger partial charge in [0.2, 0.25) is 0 Å². The van der Waals surface area contributed by atoms with Gasteiger partial charge in [-0.25, -0.2) is 0 Å². The minimum Gasteiger partial charge on any atom is -0.463 e. The number of unbranched alkanes of at least 4 members (excludes halogenated alkanes) is 2. The van der Waals surface area contributed by atoms with Gasteiger partial charge < -0.3 is 54.7 Å². The first-order valence-corrected chi connectivity index (χ1v) is 9.96. The lowest BCUT2D eigenvalue weighted by Crippen LogP contribution is -2.63. The second kappa shape index (κ2) is 12.0. The molecule has 2 saturated heterocycles. The molecule has 0 spiro atoms. The van der Waals surface area contributed by atoms with E-state index in [9.17, 15) is 40.5 Å². The molecule has 0 radical (unpaired) electrons. The van der Waals surface area contributed by atoms with E-state index in [2.05, 4.69) is 5.92 Å². The molecule has 2 fully saturated rings. The van der Waals surface area contributed by atoms with E-state index in [0.29, 0.717) is 19.3 Å². The maximum absolute atomic E-state index is 11.8. The molecule has 0 saturated carbocycles. The Bertz CT molecular complexity index is 607. The summed E-state index contributed by atoms with van der Waals surface area (Å²) in [6, 6.07) is 0. The number of rotatable bonds is 9. The molecule has 0 aromatic rings. The Morgan fingerprint density at radius 1 is 0.839 bits per heavy atom. The van der Waals surface area contributed by atoms with E-state index in [4.69, 9.17) is 25.4 Å². The van der Waals surface area contributed by atoms with Crippen molar-refractivity contribution in [2.45, 2.75) is 87.1 Å². The van der Waals surface area contributed by atoms with E-state index in [0.717, 1.165) is 0 Å². The van der Waals surface area contributed by atoms with Gasteiger partial charge in [0, 0.05) is 12.8 Å². The van der Waals surface area contributed by atoms with E-state index in [1.54, 1.807) is 0 Å². The summed E-state index contributed by atoms with van der Waals surface area (Å²) >= 11 is 0. The molecule has 12 heteroatoms. The van der Waals surface area contributed by atoms with Gasteiger partial charge in [0.25, 0.3) is 0 Å². The molecule has 0 unspecified atom stereocenters. The van der Waals surface area contributed by atoms with Crippen molar-refractivity contribution in [3.63, 3.8) is 0 Å². The van der Waals surface area contributed by atoms with Crippen molar-refractivity contribution >= 4 is 5.97 Å². The quantitative estimate of drug-likeness (QED) is 0.103. The molecule has 2 rings (SSSR count). The zero-order valence-corrected chi connectivity index (χ0v) is 16.8. The summed E-state index contributed by atoms with van der Waals surface area (Å²) in [6.07, 6.45) is -9.16. The average Bonchev–Trinajstić information content (AvgIpc) is 2.76. The number of aliphatic hydroxyl groups excluding tert-OH is 7. The molecular formula is C19H30O12. The number of aliphatic hydroxyl groups is 7. The summed E-state index contributed by atoms with van der Waals surface area (Å²) in [5, 5.41) is 69.2. The maximum Gasteiger partial charge on any atom is 0.305 e. The van der Waals surface area contributed by atoms with E-state index in [1.807, 2.05) is 0 Å². The van der Waals surface area contributed by atoms with Crippen LogP contribution >= 0.6 is 0 Å². The second-order valence-corrected chi connectivity index (χ2v) is 7.44. The predicted molar refractivity (Wildman–Crippen MR) is 99.8 cm³/mol. The first kappa shape index (κ1) is 25.9. The molecular weight excluding hydrogens is 420 g/mol. The second-order valence-electron chi connectivity index (χ2n) is 7.44. The van der Waals surface area contributed by atoms with Gasteiger partial charge >= 0.3 is 5.97 Å². The van der Waals surface area contributed by atoms with Crippen molar-refractivity contribution in [1.82, 2.24) is 0 Å². The van der Waals surface area contributed by atoms with E-state index in [1.165, 1.54) is 0 Å². The number of esters is 1. The van der Waals surface area contributed by atoms with Crippen LogP contribution in [-0.4, -0.2) is 116 Å². The van der Waals surface area contributed by atoms with Crippen LogP contribution in [0.5, 0.6) is 0 Å². The lowest BCUT2D eigenvalue weighted by atomic mass is 9.98. The number of carbonyl (C=O) groups excluding carboxylic acids is 1. The molecule has 0 aromatic heterocycles. The molecule has 0 aromatic carbocycles. The van der Waals surface area contributed by atoms with Crippen LogP contribution in [0.1, 0.15) is 25.7 Å². The zero-order valence-electron chi connectivity index (χ0n) is 16.8. The van der Waals surface area contributed by atoms with Gasteiger partial charge in [-0.3, -0.25) is 4.79 Å². The monoisotopic (exact) mass is 450 g/mol. The van der Waals surface area contributed by atoms with Gasteiger partial charge in [-0.2, -0.15) is 0 Å². The Hall–Kier alpha value is -1.37. The van der Waals surface area contributed by atoms with Crippen molar-refractivity contribution < 1.29 is 59.5 Å². The minimum atomic E-state index is -1.78. The molecule has 0 bridgehead atoms. The number of hydrogen-bond acceptors (Lipinski definition) is 12. The third kappa shape index (κ3) is 6.56. The first-order valence-electron chi connectivity index (χ1n) is 9.96. The topological polar surface area (TPSA) is 196 Å². The lowest BCUT2D eigenvalue weighted by Gasteiger charge is -2.44. The molecule has 10 atom stereocenters. The van der Waals surface area contributed by atoms with Crippen molar-refractivity contribution in [1.29, 1.82) is 0 Å². The van der Waals surface area contributed by atoms with Gasteiger partial charge in [0.05, 0.1) is 6.61 Å². The van der Waals surface area contributed by atoms with Crippen LogP contribution in [0.2, 0.25) is 0 Å². The third-order valence-electron chi connectivity index (χ3n) is 5.15. The third-order valence-corrected chi connectivity index (χ3v) is 5.15. The molecule has 2 aliphatic heterocycles. The summed E-state index contributed by atoms with van der Waals surface area (Å²) < 4.78 is 20.9. The van der Waals surface area contributed by atoms with Crippen LogP contribution in [0, 0.1) is 12.3 Å². The van der Waals surface area contributed by atoms with Gasteiger partial charge in [0.1, 0.15) is 55.4 Å². The summed E-state index contributed by atoms with van der Waals surface area (Å²) in [7, 11) is 0. The maximum atomic E-state index is 11.8. The van der Waals surface area contributed by atoms with Crippen molar-refractivity contribution in [2.75, 3.05) is 13.2 Å². The van der Waals surface area contributed by atoms with Crippen molar-refractivity contribution in [3.05, 3.63) is 0 Å². The predicted octanol–water partition coefficient (Wildman–Crippen LogP) is -3.65. The normalized spacial score (nSPS) is 40.8. The van der Waals surface area contributed by atoms with Crippen LogP contribution < -0.4 is 0 Å². The average molecular weight is 450 g/mol. The highest BCUT2D eigenvalue weighted by Crippen LogP contribution is 2.28. The van der Waals surface area contributed by atoms with Gasteiger partial charge in [-0.1, -0.05) is 0 Å². The summed E-state index contributed by atoms with van der Waals surface area (Å²) in [4.78, 5) is 11.8. The molecule has 12 nitrogen and oxygen atoms in total. The Labute approximate surface area is 178 Å². The van der Waals surface area contributed by atoms with Crippen LogP contribution in [0.25, 0.3) is 0 Å². The molecule has 178 valence electrons. The number of ether oxygens (including phenoxy) is 4. The Balaban J connectivity index is 1.94. The van der Waals surface area contributed by atoms with Crippen LogP contribution in [0.15, 0.2) is 0 Å². The van der Waals surface area contributed by atoms with Gasteiger partial charge in [-0.15, -0.1) is 12.3 Å². The lowest BCUT2D eigenvalue weighted by molar-refractivity contribution is -0.376. The smallest absolute Gasteiger partial charge is 0.305 e. The fraction of sp³-hybridized carbons (Fsp3) is 0.842. The molecule has 7 N–H and O–H groups in total. The van der Waals surface area contributed by atoms with Crippen molar-refractivity contribution in [2.24, 2.45) is 0 Å².